The van der Waals surface area contributed by atoms with Crippen LogP contribution in [0.2, 0.25) is 0 Å². The lowest BCUT2D eigenvalue weighted by molar-refractivity contribution is 0.756. The Morgan fingerprint density at radius 1 is 0.477 bits per heavy atom. The summed E-state index contributed by atoms with van der Waals surface area (Å²) >= 11 is 0. The average Bonchev–Trinajstić information content (AvgIpc) is 3.61. The SMILES string of the molecule is C1=CC(c2ccccc2)NC(n2c3ccccc3c3cc(-c4ccc5c(c4)c4ccccc4n5-c4ccccc4)ccc32)=N1. The van der Waals surface area contributed by atoms with Crippen molar-refractivity contribution in [2.75, 3.05) is 0 Å². The Morgan fingerprint density at radius 3 is 1.66 bits per heavy atom. The van der Waals surface area contributed by atoms with Crippen LogP contribution in [-0.2, 0) is 0 Å². The number of para-hydroxylation sites is 3. The second-order valence-electron chi connectivity index (χ2n) is 11.3. The maximum absolute atomic E-state index is 4.80. The third-order valence-electron chi connectivity index (χ3n) is 8.82. The molecule has 8 aromatic rings. The first kappa shape index (κ1) is 24.7. The van der Waals surface area contributed by atoms with E-state index in [1.165, 1.54) is 55.0 Å². The summed E-state index contributed by atoms with van der Waals surface area (Å²) in [6, 6.07) is 52.2. The Balaban J connectivity index is 1.19. The third kappa shape index (κ3) is 3.81. The van der Waals surface area contributed by atoms with Gasteiger partial charge in [0.2, 0.25) is 5.96 Å². The lowest BCUT2D eigenvalue weighted by Gasteiger charge is -2.22. The molecule has 1 aliphatic rings. The number of rotatable bonds is 3. The molecule has 2 aromatic heterocycles. The second kappa shape index (κ2) is 9.85. The largest absolute Gasteiger partial charge is 0.345 e. The highest BCUT2D eigenvalue weighted by Crippen LogP contribution is 2.37. The predicted octanol–water partition coefficient (Wildman–Crippen LogP) is 9.62. The highest BCUT2D eigenvalue weighted by molar-refractivity contribution is 6.15. The molecule has 1 atom stereocenters. The van der Waals surface area contributed by atoms with Gasteiger partial charge in [0.25, 0.3) is 0 Å². The van der Waals surface area contributed by atoms with Crippen LogP contribution in [0.5, 0.6) is 0 Å². The number of benzene rings is 6. The molecule has 0 bridgehead atoms. The van der Waals surface area contributed by atoms with Gasteiger partial charge in [0.05, 0.1) is 28.1 Å². The Kier molecular flexibility index (Phi) is 5.53. The van der Waals surface area contributed by atoms with Gasteiger partial charge in [0.15, 0.2) is 0 Å². The van der Waals surface area contributed by atoms with Gasteiger partial charge in [0, 0.05) is 33.4 Å². The number of aliphatic imine (C=N–C) groups is 1. The summed E-state index contributed by atoms with van der Waals surface area (Å²) in [4.78, 5) is 4.80. The first-order chi connectivity index (χ1) is 21.8. The molecule has 0 saturated heterocycles. The van der Waals surface area contributed by atoms with Crippen molar-refractivity contribution < 1.29 is 0 Å². The van der Waals surface area contributed by atoms with Crippen molar-refractivity contribution in [1.29, 1.82) is 0 Å². The highest BCUT2D eigenvalue weighted by atomic mass is 15.2. The maximum atomic E-state index is 4.80. The first-order valence-corrected chi connectivity index (χ1v) is 15.0. The summed E-state index contributed by atoms with van der Waals surface area (Å²) in [7, 11) is 0. The summed E-state index contributed by atoms with van der Waals surface area (Å²) in [5, 5.41) is 8.61. The number of hydrogen-bond acceptors (Lipinski definition) is 2. The number of nitrogens with one attached hydrogen (secondary N) is 1. The Labute approximate surface area is 254 Å². The van der Waals surface area contributed by atoms with Crippen LogP contribution >= 0.6 is 0 Å². The van der Waals surface area contributed by atoms with Gasteiger partial charge in [0.1, 0.15) is 0 Å². The molecule has 1 aliphatic heterocycles. The van der Waals surface area contributed by atoms with Gasteiger partial charge < -0.3 is 9.88 Å². The van der Waals surface area contributed by atoms with Crippen LogP contribution in [0.25, 0.3) is 60.4 Å². The maximum Gasteiger partial charge on any atom is 0.208 e. The molecule has 208 valence electrons. The molecule has 0 amide bonds. The van der Waals surface area contributed by atoms with Crippen LogP contribution in [0.3, 0.4) is 0 Å². The zero-order chi connectivity index (χ0) is 29.0. The molecule has 0 aliphatic carbocycles. The van der Waals surface area contributed by atoms with E-state index >= 15 is 0 Å². The lowest BCUT2D eigenvalue weighted by Crippen LogP contribution is -2.34. The molecular formula is C40H28N4. The van der Waals surface area contributed by atoms with Gasteiger partial charge in [-0.25, -0.2) is 4.99 Å². The minimum absolute atomic E-state index is 0.0592. The van der Waals surface area contributed by atoms with Crippen LogP contribution in [0.15, 0.2) is 163 Å². The van der Waals surface area contributed by atoms with Gasteiger partial charge in [-0.2, -0.15) is 0 Å². The normalized spacial score (nSPS) is 14.8. The van der Waals surface area contributed by atoms with Crippen LogP contribution in [0.1, 0.15) is 11.6 Å². The third-order valence-corrected chi connectivity index (χ3v) is 8.82. The molecule has 4 heteroatoms. The summed E-state index contributed by atoms with van der Waals surface area (Å²) in [5.74, 6) is 0.829. The second-order valence-corrected chi connectivity index (χ2v) is 11.3. The number of nitrogens with zero attached hydrogens (tertiary/aromatic N) is 3. The van der Waals surface area contributed by atoms with Crippen molar-refractivity contribution in [2.45, 2.75) is 6.04 Å². The minimum atomic E-state index is 0.0592. The van der Waals surface area contributed by atoms with Crippen molar-refractivity contribution in [3.05, 3.63) is 163 Å². The molecule has 44 heavy (non-hydrogen) atoms. The lowest BCUT2D eigenvalue weighted by atomic mass is 10.0. The van der Waals surface area contributed by atoms with Crippen molar-refractivity contribution >= 4 is 49.6 Å². The van der Waals surface area contributed by atoms with E-state index in [0.717, 1.165) is 17.0 Å². The molecule has 1 N–H and O–H groups in total. The van der Waals surface area contributed by atoms with Crippen LogP contribution in [0.4, 0.5) is 0 Å². The van der Waals surface area contributed by atoms with Gasteiger partial charge in [-0.3, -0.25) is 4.57 Å². The van der Waals surface area contributed by atoms with E-state index in [0.29, 0.717) is 0 Å². The van der Waals surface area contributed by atoms with Crippen molar-refractivity contribution in [3.8, 4) is 16.8 Å². The quantitative estimate of drug-likeness (QED) is 0.228. The fourth-order valence-electron chi connectivity index (χ4n) is 6.79. The molecule has 1 unspecified atom stereocenters. The average molecular weight is 565 g/mol. The predicted molar refractivity (Wildman–Crippen MR) is 184 cm³/mol. The summed E-state index contributed by atoms with van der Waals surface area (Å²) in [6.45, 7) is 0. The molecular weight excluding hydrogens is 536 g/mol. The van der Waals surface area contributed by atoms with Crippen molar-refractivity contribution in [3.63, 3.8) is 0 Å². The fourth-order valence-corrected chi connectivity index (χ4v) is 6.79. The fraction of sp³-hybridized carbons (Fsp3) is 0.0250. The molecule has 0 saturated carbocycles. The highest BCUT2D eigenvalue weighted by Gasteiger charge is 2.20. The Morgan fingerprint density at radius 2 is 1.00 bits per heavy atom. The van der Waals surface area contributed by atoms with Crippen molar-refractivity contribution in [1.82, 2.24) is 14.5 Å². The van der Waals surface area contributed by atoms with Crippen LogP contribution in [0, 0.1) is 0 Å². The van der Waals surface area contributed by atoms with E-state index in [4.69, 9.17) is 4.99 Å². The van der Waals surface area contributed by atoms with Crippen LogP contribution < -0.4 is 5.32 Å². The number of aromatic nitrogens is 2. The van der Waals surface area contributed by atoms with E-state index in [1.807, 2.05) is 6.20 Å². The van der Waals surface area contributed by atoms with Gasteiger partial charge in [-0.15, -0.1) is 0 Å². The zero-order valence-electron chi connectivity index (χ0n) is 23.9. The van der Waals surface area contributed by atoms with Gasteiger partial charge in [-0.1, -0.05) is 97.1 Å². The van der Waals surface area contributed by atoms with Gasteiger partial charge >= 0.3 is 0 Å². The Bertz CT molecular complexity index is 2410. The van der Waals surface area contributed by atoms with E-state index < -0.39 is 0 Å². The smallest absolute Gasteiger partial charge is 0.208 e. The molecule has 6 aromatic carbocycles. The molecule has 0 spiro atoms. The van der Waals surface area contributed by atoms with Crippen molar-refractivity contribution in [2.24, 2.45) is 4.99 Å². The molecule has 0 radical (unpaired) electrons. The van der Waals surface area contributed by atoms with Crippen LogP contribution in [-0.4, -0.2) is 15.1 Å². The summed E-state index contributed by atoms with van der Waals surface area (Å²) < 4.78 is 4.62. The minimum Gasteiger partial charge on any atom is -0.345 e. The molecule has 3 heterocycles. The summed E-state index contributed by atoms with van der Waals surface area (Å²) in [6.07, 6.45) is 4.02. The summed E-state index contributed by atoms with van der Waals surface area (Å²) in [5.41, 5.74) is 9.47. The molecule has 4 nitrogen and oxygen atoms in total. The van der Waals surface area contributed by atoms with Gasteiger partial charge in [-0.05, 0) is 71.3 Å². The van der Waals surface area contributed by atoms with E-state index in [9.17, 15) is 0 Å². The first-order valence-electron chi connectivity index (χ1n) is 15.0. The standard InChI is InChI=1S/C40H28N4/c1-3-11-27(12-4-1)35-23-24-41-40(42-35)44-37-18-10-8-16-32(37)34-26-29(20-22-39(34)44)28-19-21-38-33(25-28)31-15-7-9-17-36(31)43(38)30-13-5-2-6-14-30/h1-26,35H,(H,41,42). The van der Waals surface area contributed by atoms with E-state index in [-0.39, 0.29) is 6.04 Å². The van der Waals surface area contributed by atoms with E-state index in [1.54, 1.807) is 0 Å². The monoisotopic (exact) mass is 564 g/mol. The number of fused-ring (bicyclic) bond motifs is 6. The Hall–Kier alpha value is -5.87. The topological polar surface area (TPSA) is 34.2 Å². The van der Waals surface area contributed by atoms with E-state index in [2.05, 4.69) is 166 Å². The number of hydrogen-bond donors (Lipinski definition) is 1. The molecule has 0 fully saturated rings. The zero-order valence-corrected chi connectivity index (χ0v) is 23.9. The molecule has 9 rings (SSSR count).